The van der Waals surface area contributed by atoms with Gasteiger partial charge in [-0.3, -0.25) is 4.90 Å². The summed E-state index contributed by atoms with van der Waals surface area (Å²) in [5, 5.41) is 0. The van der Waals surface area contributed by atoms with Crippen LogP contribution in [0.5, 0.6) is 0 Å². The van der Waals surface area contributed by atoms with Crippen molar-refractivity contribution in [3.05, 3.63) is 40.8 Å². The number of nitrogens with one attached hydrogen (secondary N) is 1. The molecule has 0 spiro atoms. The predicted octanol–water partition coefficient (Wildman–Crippen LogP) is 3.40. The lowest BCUT2D eigenvalue weighted by Gasteiger charge is -2.42. The summed E-state index contributed by atoms with van der Waals surface area (Å²) in [6.07, 6.45) is 2.96. The predicted molar refractivity (Wildman–Crippen MR) is 93.4 cm³/mol. The normalized spacial score (nSPS) is 21.9. The van der Waals surface area contributed by atoms with Crippen molar-refractivity contribution in [2.75, 3.05) is 13.1 Å². The van der Waals surface area contributed by atoms with Crippen molar-refractivity contribution in [1.82, 2.24) is 14.9 Å². The highest BCUT2D eigenvalue weighted by molar-refractivity contribution is 9.10. The van der Waals surface area contributed by atoms with Gasteiger partial charge in [-0.25, -0.2) is 4.98 Å². The molecule has 0 amide bonds. The Morgan fingerprint density at radius 2 is 2.27 bits per heavy atom. The number of hydrogen-bond donors (Lipinski definition) is 2. The second kappa shape index (κ2) is 6.14. The van der Waals surface area contributed by atoms with Gasteiger partial charge in [0, 0.05) is 29.2 Å². The fraction of sp³-hybridized carbons (Fsp3) is 0.471. The van der Waals surface area contributed by atoms with E-state index >= 15 is 0 Å². The highest BCUT2D eigenvalue weighted by Crippen LogP contribution is 2.28. The van der Waals surface area contributed by atoms with Gasteiger partial charge in [0.15, 0.2) is 0 Å². The molecule has 3 rings (SSSR count). The maximum Gasteiger partial charge on any atom is 0.120 e. The van der Waals surface area contributed by atoms with Gasteiger partial charge in [-0.05, 0) is 24.0 Å². The highest BCUT2D eigenvalue weighted by atomic mass is 79.9. The van der Waals surface area contributed by atoms with Gasteiger partial charge in [0.2, 0.25) is 0 Å². The summed E-state index contributed by atoms with van der Waals surface area (Å²) < 4.78 is 1.08. The number of H-pyrrole nitrogens is 1. The van der Waals surface area contributed by atoms with E-state index in [0.717, 1.165) is 47.6 Å². The van der Waals surface area contributed by atoms with Gasteiger partial charge in [0.25, 0.3) is 0 Å². The van der Waals surface area contributed by atoms with E-state index in [2.05, 4.69) is 56.8 Å². The molecule has 4 nitrogen and oxygen atoms in total. The number of aromatic nitrogens is 2. The molecule has 1 aliphatic heterocycles. The van der Waals surface area contributed by atoms with Gasteiger partial charge in [-0.1, -0.05) is 41.9 Å². The Morgan fingerprint density at radius 1 is 1.45 bits per heavy atom. The number of nitrogens with zero attached hydrogens (tertiary/aromatic N) is 2. The van der Waals surface area contributed by atoms with Crippen LogP contribution >= 0.6 is 15.9 Å². The maximum absolute atomic E-state index is 6.21. The zero-order chi connectivity index (χ0) is 15.7. The van der Waals surface area contributed by atoms with E-state index < -0.39 is 0 Å². The van der Waals surface area contributed by atoms with Crippen molar-refractivity contribution in [2.45, 2.75) is 32.9 Å². The third-order valence-electron chi connectivity index (χ3n) is 4.53. The number of aromatic amines is 1. The first-order valence-corrected chi connectivity index (χ1v) is 8.51. The van der Waals surface area contributed by atoms with Gasteiger partial charge < -0.3 is 10.7 Å². The van der Waals surface area contributed by atoms with Crippen LogP contribution in [0.15, 0.2) is 34.9 Å². The fourth-order valence-corrected chi connectivity index (χ4v) is 3.48. The van der Waals surface area contributed by atoms with Crippen LogP contribution in [0.4, 0.5) is 0 Å². The lowest BCUT2D eigenvalue weighted by molar-refractivity contribution is 0.0880. The molecular weight excluding hydrogens is 340 g/mol. The lowest BCUT2D eigenvalue weighted by Crippen LogP contribution is -2.52. The van der Waals surface area contributed by atoms with Gasteiger partial charge in [0.05, 0.1) is 18.4 Å². The molecule has 1 aromatic heterocycles. The Kier molecular flexibility index (Phi) is 4.39. The van der Waals surface area contributed by atoms with Crippen molar-refractivity contribution < 1.29 is 0 Å². The minimum absolute atomic E-state index is 0.165. The first-order valence-electron chi connectivity index (χ1n) is 7.72. The molecule has 1 saturated heterocycles. The van der Waals surface area contributed by atoms with E-state index in [1.54, 1.807) is 0 Å². The van der Waals surface area contributed by atoms with Crippen LogP contribution in [0.25, 0.3) is 11.3 Å². The topological polar surface area (TPSA) is 57.9 Å². The van der Waals surface area contributed by atoms with Crippen molar-refractivity contribution in [1.29, 1.82) is 0 Å². The molecule has 0 bridgehead atoms. The molecule has 118 valence electrons. The lowest BCUT2D eigenvalue weighted by atomic mass is 9.80. The van der Waals surface area contributed by atoms with Crippen LogP contribution in [0.1, 0.15) is 26.1 Å². The second-order valence-electron chi connectivity index (χ2n) is 6.85. The molecule has 0 saturated carbocycles. The first-order chi connectivity index (χ1) is 10.4. The number of piperidine rings is 1. The molecule has 2 heterocycles. The summed E-state index contributed by atoms with van der Waals surface area (Å²) >= 11 is 3.51. The summed E-state index contributed by atoms with van der Waals surface area (Å²) in [5.41, 5.74) is 8.58. The van der Waals surface area contributed by atoms with Crippen LogP contribution in [0.3, 0.4) is 0 Å². The summed E-state index contributed by atoms with van der Waals surface area (Å²) in [6, 6.07) is 8.54. The molecule has 1 atom stereocenters. The Balaban J connectivity index is 1.70. The Labute approximate surface area is 140 Å². The van der Waals surface area contributed by atoms with E-state index in [-0.39, 0.29) is 11.5 Å². The largest absolute Gasteiger partial charge is 0.341 e. The van der Waals surface area contributed by atoms with E-state index in [0.29, 0.717) is 0 Å². The summed E-state index contributed by atoms with van der Waals surface area (Å²) in [6.45, 7) is 7.40. The number of rotatable bonds is 3. The standard InChI is InChI=1S/C17H23BrN4/c1-17(2)11-22(7-6-15(17)19)10-16-20-9-14(21-16)12-4-3-5-13(18)8-12/h3-5,8-9,15H,6-7,10-11,19H2,1-2H3,(H,20,21). The summed E-state index contributed by atoms with van der Waals surface area (Å²) in [4.78, 5) is 10.4. The number of likely N-dealkylation sites (tertiary alicyclic amines) is 1. The van der Waals surface area contributed by atoms with E-state index in [1.165, 1.54) is 0 Å². The molecule has 1 aliphatic rings. The first kappa shape index (κ1) is 15.7. The molecule has 5 heteroatoms. The third kappa shape index (κ3) is 3.42. The van der Waals surface area contributed by atoms with Crippen molar-refractivity contribution in [3.8, 4) is 11.3 Å². The minimum Gasteiger partial charge on any atom is -0.341 e. The van der Waals surface area contributed by atoms with Gasteiger partial charge in [0.1, 0.15) is 5.82 Å². The highest BCUT2D eigenvalue weighted by Gasteiger charge is 2.33. The smallest absolute Gasteiger partial charge is 0.120 e. The third-order valence-corrected chi connectivity index (χ3v) is 5.02. The summed E-state index contributed by atoms with van der Waals surface area (Å²) in [5.74, 6) is 1.02. The Bertz CT molecular complexity index is 650. The molecule has 0 radical (unpaired) electrons. The molecular formula is C17H23BrN4. The average Bonchev–Trinajstić information content (AvgIpc) is 2.91. The maximum atomic E-state index is 6.21. The Hall–Kier alpha value is -1.17. The number of nitrogens with two attached hydrogens (primary N) is 1. The molecule has 1 aromatic carbocycles. The summed E-state index contributed by atoms with van der Waals surface area (Å²) in [7, 11) is 0. The van der Waals surface area contributed by atoms with Crippen LogP contribution in [0, 0.1) is 5.41 Å². The number of imidazole rings is 1. The number of benzene rings is 1. The molecule has 3 N–H and O–H groups in total. The van der Waals surface area contributed by atoms with Crippen molar-refractivity contribution in [2.24, 2.45) is 11.1 Å². The Morgan fingerprint density at radius 3 is 3.00 bits per heavy atom. The van der Waals surface area contributed by atoms with E-state index in [1.807, 2.05) is 18.3 Å². The second-order valence-corrected chi connectivity index (χ2v) is 7.76. The monoisotopic (exact) mass is 362 g/mol. The quantitative estimate of drug-likeness (QED) is 0.879. The van der Waals surface area contributed by atoms with Gasteiger partial charge in [-0.15, -0.1) is 0 Å². The molecule has 2 aromatic rings. The van der Waals surface area contributed by atoms with Crippen molar-refractivity contribution in [3.63, 3.8) is 0 Å². The zero-order valence-electron chi connectivity index (χ0n) is 13.1. The van der Waals surface area contributed by atoms with Gasteiger partial charge >= 0.3 is 0 Å². The molecule has 1 unspecified atom stereocenters. The van der Waals surface area contributed by atoms with E-state index in [4.69, 9.17) is 5.73 Å². The minimum atomic E-state index is 0.165. The van der Waals surface area contributed by atoms with Crippen LogP contribution in [-0.4, -0.2) is 34.0 Å². The SMILES string of the molecule is CC1(C)CN(Cc2ncc(-c3cccc(Br)c3)[nH]2)CCC1N. The fourth-order valence-electron chi connectivity index (χ4n) is 3.08. The molecule has 0 aliphatic carbocycles. The van der Waals surface area contributed by atoms with Crippen LogP contribution in [0.2, 0.25) is 0 Å². The number of halogens is 1. The zero-order valence-corrected chi connectivity index (χ0v) is 14.7. The average molecular weight is 363 g/mol. The number of hydrogen-bond acceptors (Lipinski definition) is 3. The van der Waals surface area contributed by atoms with E-state index in [9.17, 15) is 0 Å². The van der Waals surface area contributed by atoms with Crippen LogP contribution in [-0.2, 0) is 6.54 Å². The molecule has 22 heavy (non-hydrogen) atoms. The van der Waals surface area contributed by atoms with Crippen molar-refractivity contribution >= 4 is 15.9 Å². The van der Waals surface area contributed by atoms with Crippen LogP contribution < -0.4 is 5.73 Å². The van der Waals surface area contributed by atoms with Gasteiger partial charge in [-0.2, -0.15) is 0 Å². The molecule has 1 fully saturated rings.